The average molecular weight is 426 g/mol. The summed E-state index contributed by atoms with van der Waals surface area (Å²) in [5, 5.41) is 2.08. The summed E-state index contributed by atoms with van der Waals surface area (Å²) in [6.07, 6.45) is -3.14. The molecule has 0 aliphatic rings. The quantitative estimate of drug-likeness (QED) is 0.263. The number of hydrogen-bond donors (Lipinski definition) is 1. The fraction of sp³-hybridized carbons (Fsp3) is 0.0435. The number of alkyl halides is 3. The lowest BCUT2D eigenvalue weighted by Gasteiger charge is -2.13. The maximum atomic E-state index is 13.3. The number of para-hydroxylation sites is 1. The number of halogens is 4. The summed E-state index contributed by atoms with van der Waals surface area (Å²) in [7, 11) is 0. The molecule has 4 nitrogen and oxygen atoms in total. The van der Waals surface area contributed by atoms with Gasteiger partial charge < -0.3 is 9.72 Å². The Hall–Kier alpha value is -3.94. The summed E-state index contributed by atoms with van der Waals surface area (Å²) in [5.74, 6) is -2.71. The van der Waals surface area contributed by atoms with Crippen LogP contribution < -0.4 is 5.32 Å². The van der Waals surface area contributed by atoms with E-state index in [9.17, 15) is 27.2 Å². The first-order chi connectivity index (χ1) is 14.8. The number of fused-ring (bicyclic) bond motifs is 1. The molecule has 2 aromatic heterocycles. The van der Waals surface area contributed by atoms with Crippen LogP contribution in [0.4, 0.5) is 23.2 Å². The standard InChI is InChI=1S/C23H14F4N2O2/c24-15-10-8-14(9-11-15)17-13-16-5-3-4-12-29(16)20(17)21(30)22(31)28-19-7-2-1-6-18(19)23(25,26)27/h1-13H,(H,28,31). The summed E-state index contributed by atoms with van der Waals surface area (Å²) in [6, 6.07) is 16.5. The highest BCUT2D eigenvalue weighted by atomic mass is 19.4. The topological polar surface area (TPSA) is 50.6 Å². The second-order valence-corrected chi connectivity index (χ2v) is 6.74. The Morgan fingerprint density at radius 2 is 1.55 bits per heavy atom. The highest BCUT2D eigenvalue weighted by Gasteiger charge is 2.34. The van der Waals surface area contributed by atoms with Crippen LogP contribution in [0, 0.1) is 5.82 Å². The Labute approximate surface area is 173 Å². The van der Waals surface area contributed by atoms with Gasteiger partial charge in [0, 0.05) is 17.3 Å². The van der Waals surface area contributed by atoms with Gasteiger partial charge in [-0.15, -0.1) is 0 Å². The number of hydrogen-bond acceptors (Lipinski definition) is 2. The lowest BCUT2D eigenvalue weighted by Crippen LogP contribution is -2.26. The van der Waals surface area contributed by atoms with Crippen molar-refractivity contribution >= 4 is 22.9 Å². The third-order valence-electron chi connectivity index (χ3n) is 4.74. The first-order valence-electron chi connectivity index (χ1n) is 9.13. The molecule has 0 radical (unpaired) electrons. The molecule has 0 spiro atoms. The van der Waals surface area contributed by atoms with Gasteiger partial charge in [-0.2, -0.15) is 13.2 Å². The Bertz CT molecular complexity index is 1290. The Kier molecular flexibility index (Phi) is 5.06. The van der Waals surface area contributed by atoms with Crippen molar-refractivity contribution in [2.75, 3.05) is 5.32 Å². The van der Waals surface area contributed by atoms with E-state index >= 15 is 0 Å². The van der Waals surface area contributed by atoms with Crippen LogP contribution >= 0.6 is 0 Å². The smallest absolute Gasteiger partial charge is 0.318 e. The first kappa shape index (κ1) is 20.3. The molecular weight excluding hydrogens is 412 g/mol. The van der Waals surface area contributed by atoms with Crippen LogP contribution in [0.2, 0.25) is 0 Å². The molecule has 0 aliphatic carbocycles. The van der Waals surface area contributed by atoms with E-state index in [1.165, 1.54) is 40.8 Å². The molecule has 31 heavy (non-hydrogen) atoms. The molecule has 156 valence electrons. The zero-order valence-electron chi connectivity index (χ0n) is 15.8. The predicted octanol–water partition coefficient (Wildman–Crippen LogP) is 5.59. The van der Waals surface area contributed by atoms with E-state index < -0.39 is 34.9 Å². The van der Waals surface area contributed by atoms with Crippen molar-refractivity contribution in [3.8, 4) is 11.1 Å². The van der Waals surface area contributed by atoms with Gasteiger partial charge in [0.2, 0.25) is 0 Å². The normalized spacial score (nSPS) is 11.5. The number of ketones is 1. The van der Waals surface area contributed by atoms with Gasteiger partial charge in [0.1, 0.15) is 11.5 Å². The molecule has 2 aromatic carbocycles. The molecule has 1 N–H and O–H groups in total. The van der Waals surface area contributed by atoms with E-state index in [1.54, 1.807) is 30.5 Å². The van der Waals surface area contributed by atoms with E-state index in [0.717, 1.165) is 12.1 Å². The second-order valence-electron chi connectivity index (χ2n) is 6.74. The molecule has 0 saturated heterocycles. The van der Waals surface area contributed by atoms with E-state index in [0.29, 0.717) is 16.6 Å². The maximum absolute atomic E-state index is 13.3. The van der Waals surface area contributed by atoms with Crippen LogP contribution in [0.25, 0.3) is 16.6 Å². The summed E-state index contributed by atoms with van der Waals surface area (Å²) >= 11 is 0. The Morgan fingerprint density at radius 1 is 0.871 bits per heavy atom. The van der Waals surface area contributed by atoms with E-state index in [-0.39, 0.29) is 5.69 Å². The molecule has 0 bridgehead atoms. The van der Waals surface area contributed by atoms with Crippen molar-refractivity contribution in [1.29, 1.82) is 0 Å². The van der Waals surface area contributed by atoms with E-state index in [1.807, 2.05) is 0 Å². The van der Waals surface area contributed by atoms with Crippen LogP contribution in [-0.2, 0) is 11.0 Å². The fourth-order valence-electron chi connectivity index (χ4n) is 3.33. The van der Waals surface area contributed by atoms with Gasteiger partial charge in [-0.25, -0.2) is 4.39 Å². The zero-order chi connectivity index (χ0) is 22.2. The molecule has 0 aliphatic heterocycles. The third-order valence-corrected chi connectivity index (χ3v) is 4.74. The van der Waals surface area contributed by atoms with Gasteiger partial charge in [0.05, 0.1) is 11.3 Å². The van der Waals surface area contributed by atoms with E-state index in [2.05, 4.69) is 5.32 Å². The van der Waals surface area contributed by atoms with Gasteiger partial charge in [-0.1, -0.05) is 30.3 Å². The number of amides is 1. The summed E-state index contributed by atoms with van der Waals surface area (Å²) < 4.78 is 54.5. The molecule has 8 heteroatoms. The number of pyridine rings is 1. The molecule has 4 aromatic rings. The predicted molar refractivity (Wildman–Crippen MR) is 107 cm³/mol. The number of nitrogens with zero attached hydrogens (tertiary/aromatic N) is 1. The van der Waals surface area contributed by atoms with Crippen molar-refractivity contribution in [1.82, 2.24) is 4.40 Å². The summed E-state index contributed by atoms with van der Waals surface area (Å²) in [6.45, 7) is 0. The van der Waals surface area contributed by atoms with Crippen molar-refractivity contribution in [3.05, 3.63) is 96.1 Å². The third kappa shape index (κ3) is 3.92. The minimum Gasteiger partial charge on any atom is -0.318 e. The molecule has 4 rings (SSSR count). The average Bonchev–Trinajstić information content (AvgIpc) is 3.12. The van der Waals surface area contributed by atoms with Crippen LogP contribution in [0.15, 0.2) is 79.0 Å². The van der Waals surface area contributed by atoms with Gasteiger partial charge in [-0.3, -0.25) is 9.59 Å². The lowest BCUT2D eigenvalue weighted by atomic mass is 10.0. The van der Waals surface area contributed by atoms with Crippen molar-refractivity contribution < 1.29 is 27.2 Å². The van der Waals surface area contributed by atoms with Gasteiger partial charge in [0.15, 0.2) is 0 Å². The number of benzene rings is 2. The largest absolute Gasteiger partial charge is 0.418 e. The van der Waals surface area contributed by atoms with Gasteiger partial charge in [0.25, 0.3) is 11.7 Å². The molecule has 0 fully saturated rings. The van der Waals surface area contributed by atoms with Crippen molar-refractivity contribution in [3.63, 3.8) is 0 Å². The Balaban J connectivity index is 1.77. The highest BCUT2D eigenvalue weighted by Crippen LogP contribution is 2.35. The molecule has 0 unspecified atom stereocenters. The number of aromatic nitrogens is 1. The number of Topliss-reactive ketones (excluding diaryl/α,β-unsaturated/α-hetero) is 1. The van der Waals surface area contributed by atoms with Crippen LogP contribution in [0.1, 0.15) is 16.1 Å². The van der Waals surface area contributed by atoms with Crippen molar-refractivity contribution in [2.24, 2.45) is 0 Å². The monoisotopic (exact) mass is 426 g/mol. The lowest BCUT2D eigenvalue weighted by molar-refractivity contribution is -0.137. The number of anilines is 1. The van der Waals surface area contributed by atoms with Crippen LogP contribution in [-0.4, -0.2) is 16.1 Å². The fourth-order valence-corrected chi connectivity index (χ4v) is 3.33. The van der Waals surface area contributed by atoms with Crippen LogP contribution in [0.5, 0.6) is 0 Å². The zero-order valence-corrected chi connectivity index (χ0v) is 15.8. The van der Waals surface area contributed by atoms with Crippen molar-refractivity contribution in [2.45, 2.75) is 6.18 Å². The molecule has 0 saturated carbocycles. The Morgan fingerprint density at radius 3 is 2.26 bits per heavy atom. The maximum Gasteiger partial charge on any atom is 0.418 e. The minimum atomic E-state index is -4.70. The number of carbonyl (C=O) groups is 2. The summed E-state index contributed by atoms with van der Waals surface area (Å²) in [4.78, 5) is 25.7. The molecule has 0 atom stereocenters. The van der Waals surface area contributed by atoms with Crippen LogP contribution in [0.3, 0.4) is 0 Å². The number of rotatable bonds is 4. The van der Waals surface area contributed by atoms with E-state index in [4.69, 9.17) is 0 Å². The first-order valence-corrected chi connectivity index (χ1v) is 9.13. The SMILES string of the molecule is O=C(Nc1ccccc1C(F)(F)F)C(=O)c1c(-c2ccc(F)cc2)cc2ccccn12. The minimum absolute atomic E-state index is 0.0378. The molecule has 2 heterocycles. The molecule has 1 amide bonds. The second kappa shape index (κ2) is 7.71. The number of carbonyl (C=O) groups excluding carboxylic acids is 2. The van der Waals surface area contributed by atoms with Gasteiger partial charge >= 0.3 is 6.18 Å². The molecular formula is C23H14F4N2O2. The number of nitrogens with one attached hydrogen (secondary N) is 1. The summed E-state index contributed by atoms with van der Waals surface area (Å²) in [5.41, 5.74) is -0.183. The van der Waals surface area contributed by atoms with Gasteiger partial charge in [-0.05, 0) is 48.0 Å². The highest BCUT2D eigenvalue weighted by molar-refractivity contribution is 6.47.